The van der Waals surface area contributed by atoms with Crippen molar-refractivity contribution in [3.63, 3.8) is 0 Å². The van der Waals surface area contributed by atoms with Crippen LogP contribution in [0.3, 0.4) is 0 Å². The second kappa shape index (κ2) is 5.36. The quantitative estimate of drug-likeness (QED) is 0.286. The van der Waals surface area contributed by atoms with E-state index in [1.807, 2.05) is 11.8 Å². The molecule has 0 spiro atoms. The maximum absolute atomic E-state index is 2.45. The molecule has 0 saturated carbocycles. The molecule has 0 aliphatic carbocycles. The summed E-state index contributed by atoms with van der Waals surface area (Å²) in [6.07, 6.45) is 0. The Morgan fingerprint density at radius 2 is 1.38 bits per heavy atom. The summed E-state index contributed by atoms with van der Waals surface area (Å²) in [7, 11) is 0. The Hall–Kier alpha value is -2.77. The van der Waals surface area contributed by atoms with E-state index in [2.05, 4.69) is 91.0 Å². The summed E-state index contributed by atoms with van der Waals surface area (Å²) in [6.45, 7) is 0. The van der Waals surface area contributed by atoms with Crippen LogP contribution >= 0.6 is 11.8 Å². The minimum atomic E-state index is 0.375. The summed E-state index contributed by atoms with van der Waals surface area (Å²) >= 11 is 1.98. The van der Waals surface area contributed by atoms with Gasteiger partial charge in [-0.3, -0.25) is 0 Å². The number of rotatable bonds is 1. The molecule has 0 N–H and O–H groups in total. The first-order valence-electron chi connectivity index (χ1n) is 8.99. The van der Waals surface area contributed by atoms with Gasteiger partial charge < -0.3 is 0 Å². The highest BCUT2D eigenvalue weighted by molar-refractivity contribution is 8.00. The molecule has 5 aromatic rings. The maximum atomic E-state index is 2.45. The molecule has 0 aromatic heterocycles. The highest BCUT2D eigenvalue weighted by atomic mass is 32.2. The van der Waals surface area contributed by atoms with Gasteiger partial charge in [-0.1, -0.05) is 78.9 Å². The Bertz CT molecular complexity index is 1300. The molecule has 0 radical (unpaired) electrons. The first-order chi connectivity index (χ1) is 12.9. The molecular formula is C25H16S. The van der Waals surface area contributed by atoms with Crippen molar-refractivity contribution in [3.05, 3.63) is 102 Å². The standard InChI is InChI=1S/C25H16S/c1-2-8-17(9-3-1)25-22-15-21-18-10-5-4-7-16(18)13-14-19(21)20-11-6-12-23(26-25)24(20)22/h1-15,25H. The second-order valence-corrected chi connectivity index (χ2v) is 8.08. The Morgan fingerprint density at radius 1 is 0.577 bits per heavy atom. The van der Waals surface area contributed by atoms with E-state index in [1.165, 1.54) is 48.3 Å². The van der Waals surface area contributed by atoms with Crippen LogP contribution in [0.25, 0.3) is 32.3 Å². The molecule has 0 saturated heterocycles. The van der Waals surface area contributed by atoms with Gasteiger partial charge in [0, 0.05) is 10.3 Å². The zero-order valence-electron chi connectivity index (χ0n) is 14.1. The zero-order valence-corrected chi connectivity index (χ0v) is 15.0. The van der Waals surface area contributed by atoms with Gasteiger partial charge in [-0.15, -0.1) is 11.8 Å². The SMILES string of the molecule is c1ccc(C2Sc3cccc4c3c2cc2c3ccccc3ccc42)cc1. The van der Waals surface area contributed by atoms with Crippen LogP contribution < -0.4 is 0 Å². The summed E-state index contributed by atoms with van der Waals surface area (Å²) in [5.41, 5.74) is 2.84. The van der Waals surface area contributed by atoms with Gasteiger partial charge >= 0.3 is 0 Å². The van der Waals surface area contributed by atoms with Crippen molar-refractivity contribution in [1.29, 1.82) is 0 Å². The lowest BCUT2D eigenvalue weighted by Gasteiger charge is -2.14. The van der Waals surface area contributed by atoms with Gasteiger partial charge in [0.15, 0.2) is 0 Å². The normalized spacial score (nSPS) is 15.9. The molecule has 122 valence electrons. The van der Waals surface area contributed by atoms with Crippen LogP contribution in [-0.4, -0.2) is 0 Å². The van der Waals surface area contributed by atoms with E-state index >= 15 is 0 Å². The lowest BCUT2D eigenvalue weighted by molar-refractivity contribution is 1.20. The largest absolute Gasteiger partial charge is 0.112 e. The molecule has 1 aliphatic heterocycles. The number of benzene rings is 5. The van der Waals surface area contributed by atoms with E-state index in [0.29, 0.717) is 5.25 Å². The smallest absolute Gasteiger partial charge is 0.0600 e. The molecule has 6 rings (SSSR count). The van der Waals surface area contributed by atoms with Crippen LogP contribution in [0.2, 0.25) is 0 Å². The average Bonchev–Trinajstić information content (AvgIpc) is 3.09. The van der Waals surface area contributed by atoms with Crippen LogP contribution in [0, 0.1) is 0 Å². The third-order valence-electron chi connectivity index (χ3n) is 5.51. The molecule has 5 aromatic carbocycles. The Labute approximate surface area is 156 Å². The van der Waals surface area contributed by atoms with Crippen molar-refractivity contribution in [2.45, 2.75) is 10.1 Å². The summed E-state index contributed by atoms with van der Waals surface area (Å²) in [5, 5.41) is 8.58. The fraction of sp³-hybridized carbons (Fsp3) is 0.0400. The van der Waals surface area contributed by atoms with Crippen LogP contribution in [0.4, 0.5) is 0 Å². The summed E-state index contributed by atoms with van der Waals surface area (Å²) in [5.74, 6) is 0. The van der Waals surface area contributed by atoms with Gasteiger partial charge in [0.25, 0.3) is 0 Å². The average molecular weight is 348 g/mol. The summed E-state index contributed by atoms with van der Waals surface area (Å²) < 4.78 is 0. The van der Waals surface area contributed by atoms with Crippen LogP contribution in [0.1, 0.15) is 16.4 Å². The second-order valence-electron chi connectivity index (χ2n) is 6.93. The predicted molar refractivity (Wildman–Crippen MR) is 113 cm³/mol. The Balaban J connectivity index is 1.77. The molecule has 0 amide bonds. The molecule has 0 bridgehead atoms. The first kappa shape index (κ1) is 14.4. The molecule has 1 heterocycles. The Kier molecular flexibility index (Phi) is 2.97. The summed E-state index contributed by atoms with van der Waals surface area (Å²) in [4.78, 5) is 1.40. The van der Waals surface area contributed by atoms with Gasteiger partial charge in [-0.05, 0) is 50.2 Å². The van der Waals surface area contributed by atoms with E-state index in [9.17, 15) is 0 Å². The number of fused-ring (bicyclic) bond motifs is 4. The van der Waals surface area contributed by atoms with Gasteiger partial charge in [0.05, 0.1) is 5.25 Å². The summed E-state index contributed by atoms with van der Waals surface area (Å²) in [6, 6.07) is 33.4. The van der Waals surface area contributed by atoms with Gasteiger partial charge in [-0.25, -0.2) is 0 Å². The van der Waals surface area contributed by atoms with E-state index < -0.39 is 0 Å². The van der Waals surface area contributed by atoms with Crippen molar-refractivity contribution >= 4 is 44.1 Å². The van der Waals surface area contributed by atoms with E-state index in [0.717, 1.165) is 0 Å². The van der Waals surface area contributed by atoms with Gasteiger partial charge in [0.2, 0.25) is 0 Å². The molecular weight excluding hydrogens is 332 g/mol. The van der Waals surface area contributed by atoms with E-state index in [-0.39, 0.29) is 0 Å². The zero-order chi connectivity index (χ0) is 17.1. The molecule has 0 fully saturated rings. The van der Waals surface area contributed by atoms with Gasteiger partial charge in [0.1, 0.15) is 0 Å². The number of thioether (sulfide) groups is 1. The minimum Gasteiger partial charge on any atom is -0.112 e. The van der Waals surface area contributed by atoms with Crippen molar-refractivity contribution < 1.29 is 0 Å². The highest BCUT2D eigenvalue weighted by Gasteiger charge is 2.27. The lowest BCUT2D eigenvalue weighted by Crippen LogP contribution is -1.93. The van der Waals surface area contributed by atoms with E-state index in [4.69, 9.17) is 0 Å². The maximum Gasteiger partial charge on any atom is 0.0600 e. The third kappa shape index (κ3) is 1.92. The number of hydrogen-bond donors (Lipinski definition) is 0. The third-order valence-corrected chi connectivity index (χ3v) is 6.86. The van der Waals surface area contributed by atoms with Crippen LogP contribution in [0.5, 0.6) is 0 Å². The fourth-order valence-electron chi connectivity index (χ4n) is 4.34. The van der Waals surface area contributed by atoms with Crippen LogP contribution in [0.15, 0.2) is 95.9 Å². The monoisotopic (exact) mass is 348 g/mol. The fourth-order valence-corrected chi connectivity index (χ4v) is 5.70. The molecule has 1 heteroatoms. The molecule has 1 atom stereocenters. The highest BCUT2D eigenvalue weighted by Crippen LogP contribution is 2.53. The van der Waals surface area contributed by atoms with Crippen molar-refractivity contribution in [3.8, 4) is 0 Å². The number of hydrogen-bond acceptors (Lipinski definition) is 1. The van der Waals surface area contributed by atoms with Crippen molar-refractivity contribution in [1.82, 2.24) is 0 Å². The van der Waals surface area contributed by atoms with Crippen molar-refractivity contribution in [2.24, 2.45) is 0 Å². The van der Waals surface area contributed by atoms with Crippen molar-refractivity contribution in [2.75, 3.05) is 0 Å². The molecule has 0 nitrogen and oxygen atoms in total. The first-order valence-corrected chi connectivity index (χ1v) is 9.87. The van der Waals surface area contributed by atoms with Gasteiger partial charge in [-0.2, -0.15) is 0 Å². The van der Waals surface area contributed by atoms with Crippen LogP contribution in [-0.2, 0) is 0 Å². The molecule has 1 unspecified atom stereocenters. The Morgan fingerprint density at radius 3 is 2.31 bits per heavy atom. The molecule has 26 heavy (non-hydrogen) atoms. The topological polar surface area (TPSA) is 0 Å². The lowest BCUT2D eigenvalue weighted by atomic mass is 9.91. The van der Waals surface area contributed by atoms with E-state index in [1.54, 1.807) is 0 Å². The molecule has 1 aliphatic rings. The minimum absolute atomic E-state index is 0.375. The predicted octanol–water partition coefficient (Wildman–Crippen LogP) is 7.34.